The second kappa shape index (κ2) is 3.19. The molecule has 1 aliphatic rings. The van der Waals surface area contributed by atoms with E-state index >= 15 is 0 Å². The van der Waals surface area contributed by atoms with Crippen molar-refractivity contribution in [3.8, 4) is 0 Å². The summed E-state index contributed by atoms with van der Waals surface area (Å²) in [6, 6.07) is 0. The molecule has 1 heterocycles. The first-order chi connectivity index (χ1) is 4.70. The van der Waals surface area contributed by atoms with E-state index in [1.54, 1.807) is 0 Å². The first-order valence-electron chi connectivity index (χ1n) is 3.68. The summed E-state index contributed by atoms with van der Waals surface area (Å²) in [6.45, 7) is 2.02. The molecule has 0 unspecified atom stereocenters. The van der Waals surface area contributed by atoms with Crippen LogP contribution in [0.15, 0.2) is 0 Å². The fourth-order valence-electron chi connectivity index (χ4n) is 1.29. The Morgan fingerprint density at radius 3 is 2.40 bits per heavy atom. The second-order valence-corrected chi connectivity index (χ2v) is 2.98. The largest absolute Gasteiger partial charge is 0.312 e. The van der Waals surface area contributed by atoms with Gasteiger partial charge in [-0.3, -0.25) is 0 Å². The van der Waals surface area contributed by atoms with Gasteiger partial charge in [-0.15, -0.1) is 0 Å². The van der Waals surface area contributed by atoms with Crippen LogP contribution in [0, 0.1) is 5.92 Å². The quantitative estimate of drug-likeness (QED) is 0.475. The third-order valence-corrected chi connectivity index (χ3v) is 2.12. The molecule has 0 aliphatic carbocycles. The molecule has 0 aromatic carbocycles. The van der Waals surface area contributed by atoms with Gasteiger partial charge in [0.1, 0.15) is 0 Å². The number of hydrogen-bond acceptors (Lipinski definition) is 2. The smallest absolute Gasteiger partial charge is 0.168 e. The Balaban J connectivity index is 2.33. The van der Waals surface area contributed by atoms with Gasteiger partial charge in [0, 0.05) is 5.92 Å². The molecule has 1 saturated heterocycles. The second-order valence-electron chi connectivity index (χ2n) is 2.98. The van der Waals surface area contributed by atoms with E-state index in [2.05, 4.69) is 11.9 Å². The Hall–Kier alpha value is -0.305. The summed E-state index contributed by atoms with van der Waals surface area (Å²) in [7, 11) is 7.22. The molecule has 0 atom stereocenters. The first kappa shape index (κ1) is 7.80. The predicted octanol–water partition coefficient (Wildman–Crippen LogP) is 0.0233. The van der Waals surface area contributed by atoms with Crippen LogP contribution in [0.4, 0.5) is 0 Å². The van der Waals surface area contributed by atoms with Gasteiger partial charge in [-0.25, -0.2) is 0 Å². The van der Waals surface area contributed by atoms with E-state index in [1.807, 2.05) is 0 Å². The average molecular weight is 137 g/mol. The number of carbonyl (C=O) groups is 1. The standard InChI is InChI=1S/C7H12BNO/c1-9-4-2-6(3-5-9)7(8)10/h6H,2-5H2,1H3. The minimum Gasteiger partial charge on any atom is -0.312 e. The average Bonchev–Trinajstić information content (AvgIpc) is 1.88. The van der Waals surface area contributed by atoms with Crippen molar-refractivity contribution >= 4 is 13.5 Å². The minimum absolute atomic E-state index is 0.131. The molecule has 1 fully saturated rings. The Kier molecular flexibility index (Phi) is 2.49. The maximum absolute atomic E-state index is 10.7. The number of rotatable bonds is 1. The summed E-state index contributed by atoms with van der Waals surface area (Å²) >= 11 is 0. The Morgan fingerprint density at radius 1 is 1.50 bits per heavy atom. The van der Waals surface area contributed by atoms with Gasteiger partial charge in [0.05, 0.1) is 5.68 Å². The summed E-state index contributed by atoms with van der Waals surface area (Å²) in [5.41, 5.74) is -0.131. The summed E-state index contributed by atoms with van der Waals surface area (Å²) in [4.78, 5) is 12.9. The highest BCUT2D eigenvalue weighted by atomic mass is 16.1. The molecule has 0 bridgehead atoms. The molecular weight excluding hydrogens is 125 g/mol. The van der Waals surface area contributed by atoms with Crippen molar-refractivity contribution in [3.63, 3.8) is 0 Å². The zero-order valence-corrected chi connectivity index (χ0v) is 6.34. The van der Waals surface area contributed by atoms with Crippen LogP contribution in [0.25, 0.3) is 0 Å². The molecule has 0 spiro atoms. The fourth-order valence-corrected chi connectivity index (χ4v) is 1.29. The number of piperidine rings is 1. The maximum Gasteiger partial charge on any atom is 0.168 e. The van der Waals surface area contributed by atoms with Crippen molar-refractivity contribution in [3.05, 3.63) is 0 Å². The number of carbonyl (C=O) groups excluding carboxylic acids is 1. The van der Waals surface area contributed by atoms with Crippen molar-refractivity contribution in [2.24, 2.45) is 5.92 Å². The van der Waals surface area contributed by atoms with Crippen molar-refractivity contribution < 1.29 is 4.79 Å². The Morgan fingerprint density at radius 2 is 2.00 bits per heavy atom. The van der Waals surface area contributed by atoms with Gasteiger partial charge < -0.3 is 9.69 Å². The third-order valence-electron chi connectivity index (χ3n) is 2.12. The molecule has 10 heavy (non-hydrogen) atoms. The molecule has 2 nitrogen and oxygen atoms in total. The fraction of sp³-hybridized carbons (Fsp3) is 0.857. The van der Waals surface area contributed by atoms with Crippen LogP contribution in [0.1, 0.15) is 12.8 Å². The summed E-state index contributed by atoms with van der Waals surface area (Å²) < 4.78 is 0. The highest BCUT2D eigenvalue weighted by Crippen LogP contribution is 2.15. The molecule has 0 aromatic rings. The Bertz CT molecular complexity index is 130. The topological polar surface area (TPSA) is 20.3 Å². The lowest BCUT2D eigenvalue weighted by atomic mass is 9.83. The molecule has 54 valence electrons. The van der Waals surface area contributed by atoms with E-state index in [-0.39, 0.29) is 11.6 Å². The van der Waals surface area contributed by atoms with Crippen molar-refractivity contribution in [2.75, 3.05) is 20.1 Å². The van der Waals surface area contributed by atoms with Crippen LogP contribution < -0.4 is 0 Å². The van der Waals surface area contributed by atoms with E-state index in [1.165, 1.54) is 0 Å². The van der Waals surface area contributed by atoms with E-state index in [9.17, 15) is 4.79 Å². The van der Waals surface area contributed by atoms with Crippen LogP contribution in [0.5, 0.6) is 0 Å². The van der Waals surface area contributed by atoms with Gasteiger partial charge in [-0.05, 0) is 33.0 Å². The normalized spacial score (nSPS) is 22.9. The third kappa shape index (κ3) is 1.84. The van der Waals surface area contributed by atoms with E-state index < -0.39 is 0 Å². The van der Waals surface area contributed by atoms with Gasteiger partial charge in [0.15, 0.2) is 7.85 Å². The lowest BCUT2D eigenvalue weighted by Crippen LogP contribution is -2.33. The molecule has 0 N–H and O–H groups in total. The van der Waals surface area contributed by atoms with Crippen LogP contribution in [0.3, 0.4) is 0 Å². The lowest BCUT2D eigenvalue weighted by molar-refractivity contribution is -0.116. The summed E-state index contributed by atoms with van der Waals surface area (Å²) in [6.07, 6.45) is 1.87. The van der Waals surface area contributed by atoms with Crippen molar-refractivity contribution in [1.29, 1.82) is 0 Å². The minimum atomic E-state index is -0.131. The van der Waals surface area contributed by atoms with Crippen LogP contribution in [0.2, 0.25) is 0 Å². The van der Waals surface area contributed by atoms with Crippen LogP contribution in [-0.2, 0) is 4.79 Å². The number of hydrogen-bond donors (Lipinski definition) is 0. The summed E-state index contributed by atoms with van der Waals surface area (Å²) in [5, 5.41) is 0. The number of likely N-dealkylation sites (tertiary alicyclic amines) is 1. The molecule has 3 heteroatoms. The molecule has 0 saturated carbocycles. The molecular formula is C7H12BNO. The zero-order chi connectivity index (χ0) is 7.56. The molecule has 0 amide bonds. The van der Waals surface area contributed by atoms with Gasteiger partial charge in [0.25, 0.3) is 0 Å². The van der Waals surface area contributed by atoms with Gasteiger partial charge in [0.2, 0.25) is 0 Å². The Labute approximate surface area is 63.0 Å². The monoisotopic (exact) mass is 137 g/mol. The predicted molar refractivity (Wildman–Crippen MR) is 41.0 cm³/mol. The molecule has 1 rings (SSSR count). The van der Waals surface area contributed by atoms with Crippen LogP contribution in [-0.4, -0.2) is 38.6 Å². The van der Waals surface area contributed by atoms with E-state index in [0.717, 1.165) is 25.9 Å². The highest BCUT2D eigenvalue weighted by Gasteiger charge is 2.18. The van der Waals surface area contributed by atoms with Gasteiger partial charge >= 0.3 is 0 Å². The first-order valence-corrected chi connectivity index (χ1v) is 3.68. The van der Waals surface area contributed by atoms with E-state index in [0.29, 0.717) is 0 Å². The SMILES string of the molecule is [B]C(=O)C1CCN(C)CC1. The number of nitrogens with zero attached hydrogens (tertiary/aromatic N) is 1. The summed E-state index contributed by atoms with van der Waals surface area (Å²) in [5.74, 6) is 0.135. The van der Waals surface area contributed by atoms with Crippen molar-refractivity contribution in [1.82, 2.24) is 4.90 Å². The van der Waals surface area contributed by atoms with Crippen molar-refractivity contribution in [2.45, 2.75) is 12.8 Å². The van der Waals surface area contributed by atoms with E-state index in [4.69, 9.17) is 7.85 Å². The maximum atomic E-state index is 10.7. The highest BCUT2D eigenvalue weighted by molar-refractivity contribution is 6.58. The van der Waals surface area contributed by atoms with Gasteiger partial charge in [-0.1, -0.05) is 0 Å². The molecule has 0 aromatic heterocycles. The molecule has 2 radical (unpaired) electrons. The zero-order valence-electron chi connectivity index (χ0n) is 6.34. The lowest BCUT2D eigenvalue weighted by Gasteiger charge is -2.27. The van der Waals surface area contributed by atoms with Crippen LogP contribution >= 0.6 is 0 Å². The van der Waals surface area contributed by atoms with Gasteiger partial charge in [-0.2, -0.15) is 0 Å². The molecule has 1 aliphatic heterocycles.